The number of ketones is 1. The zero-order valence-corrected chi connectivity index (χ0v) is 13.9. The first-order valence-corrected chi connectivity index (χ1v) is 8.13. The van der Waals surface area contributed by atoms with E-state index in [9.17, 15) is 14.9 Å². The lowest BCUT2D eigenvalue weighted by atomic mass is 9.95. The van der Waals surface area contributed by atoms with Crippen molar-refractivity contribution < 1.29 is 14.3 Å². The van der Waals surface area contributed by atoms with Gasteiger partial charge in [-0.2, -0.15) is 5.26 Å². The second-order valence-corrected chi connectivity index (χ2v) is 5.98. The molecule has 5 nitrogen and oxygen atoms in total. The summed E-state index contributed by atoms with van der Waals surface area (Å²) in [6.45, 7) is 0. The van der Waals surface area contributed by atoms with Gasteiger partial charge >= 0.3 is 0 Å². The average molecular weight is 334 g/mol. The fraction of sp³-hybridized carbons (Fsp3) is 0.250. The zero-order chi connectivity index (χ0) is 17.8. The molecule has 2 aromatic carbocycles. The lowest BCUT2D eigenvalue weighted by molar-refractivity contribution is -0.117. The molecule has 2 aromatic rings. The molecule has 0 aromatic heterocycles. The van der Waals surface area contributed by atoms with Gasteiger partial charge < -0.3 is 10.1 Å². The van der Waals surface area contributed by atoms with E-state index in [0.29, 0.717) is 17.0 Å². The van der Waals surface area contributed by atoms with E-state index < -0.39 is 17.6 Å². The van der Waals surface area contributed by atoms with E-state index in [4.69, 9.17) is 4.74 Å². The summed E-state index contributed by atoms with van der Waals surface area (Å²) in [5.74, 6) is -1.81. The van der Waals surface area contributed by atoms with Gasteiger partial charge in [0.2, 0.25) is 5.91 Å². The van der Waals surface area contributed by atoms with Gasteiger partial charge in [-0.15, -0.1) is 0 Å². The number of rotatable bonds is 5. The smallest absolute Gasteiger partial charge is 0.249 e. The topological polar surface area (TPSA) is 79.2 Å². The maximum absolute atomic E-state index is 12.6. The van der Waals surface area contributed by atoms with E-state index in [0.717, 1.165) is 24.8 Å². The molecule has 1 atom stereocenters. The first-order valence-electron chi connectivity index (χ1n) is 8.13. The number of nitrogens with one attached hydrogen (secondary N) is 1. The highest BCUT2D eigenvalue weighted by molar-refractivity contribution is 6.15. The van der Waals surface area contributed by atoms with Gasteiger partial charge in [-0.3, -0.25) is 9.59 Å². The maximum Gasteiger partial charge on any atom is 0.249 e. The largest absolute Gasteiger partial charge is 0.497 e. The van der Waals surface area contributed by atoms with Crippen molar-refractivity contribution in [3.8, 4) is 11.8 Å². The van der Waals surface area contributed by atoms with Gasteiger partial charge in [0.15, 0.2) is 11.7 Å². The Kier molecular flexibility index (Phi) is 4.80. The van der Waals surface area contributed by atoms with Crippen LogP contribution in [0, 0.1) is 17.2 Å². The number of ether oxygens (including phenoxy) is 1. The predicted molar refractivity (Wildman–Crippen MR) is 93.5 cm³/mol. The molecule has 0 spiro atoms. The Balaban J connectivity index is 1.75. The third kappa shape index (κ3) is 3.53. The number of hydrogen-bond donors (Lipinski definition) is 1. The standard InChI is InChI=1S/C20H18N2O3/c1-25-17-9-7-16(8-10-17)22-20(24)18(12-21)19(23)15-6-5-13-3-2-4-14(13)11-15/h5-11,18H,2-4H2,1H3,(H,22,24). The minimum atomic E-state index is -1.37. The first-order chi connectivity index (χ1) is 12.1. The molecule has 1 amide bonds. The summed E-state index contributed by atoms with van der Waals surface area (Å²) in [6.07, 6.45) is 3.03. The quantitative estimate of drug-likeness (QED) is 0.673. The van der Waals surface area contributed by atoms with E-state index in [1.807, 2.05) is 18.2 Å². The molecule has 0 saturated heterocycles. The van der Waals surface area contributed by atoms with Crippen LogP contribution in [0.2, 0.25) is 0 Å². The lowest BCUT2D eigenvalue weighted by Gasteiger charge is -2.11. The molecule has 25 heavy (non-hydrogen) atoms. The summed E-state index contributed by atoms with van der Waals surface area (Å²) < 4.78 is 5.06. The molecule has 5 heteroatoms. The van der Waals surface area contributed by atoms with Crippen molar-refractivity contribution in [3.05, 3.63) is 59.2 Å². The summed E-state index contributed by atoms with van der Waals surface area (Å²) in [5.41, 5.74) is 3.30. The molecule has 0 bridgehead atoms. The van der Waals surface area contributed by atoms with Crippen LogP contribution in [0.1, 0.15) is 27.9 Å². The number of nitrogens with zero attached hydrogens (tertiary/aromatic N) is 1. The summed E-state index contributed by atoms with van der Waals surface area (Å²) in [7, 11) is 1.55. The summed E-state index contributed by atoms with van der Waals surface area (Å²) >= 11 is 0. The molecule has 0 heterocycles. The number of nitriles is 1. The number of hydrogen-bond acceptors (Lipinski definition) is 4. The molecule has 126 valence electrons. The number of methoxy groups -OCH3 is 1. The van der Waals surface area contributed by atoms with E-state index in [2.05, 4.69) is 5.32 Å². The SMILES string of the molecule is COc1ccc(NC(=O)C(C#N)C(=O)c2ccc3c(c2)CCC3)cc1. The Morgan fingerprint density at radius 1 is 1.12 bits per heavy atom. The number of benzene rings is 2. The predicted octanol–water partition coefficient (Wildman–Crippen LogP) is 3.15. The minimum absolute atomic E-state index is 0.414. The van der Waals surface area contributed by atoms with Crippen LogP contribution < -0.4 is 10.1 Å². The van der Waals surface area contributed by atoms with Crippen LogP contribution in [0.5, 0.6) is 5.75 Å². The van der Waals surface area contributed by atoms with Crippen LogP contribution in [0.25, 0.3) is 0 Å². The molecular weight excluding hydrogens is 316 g/mol. The van der Waals surface area contributed by atoms with Crippen LogP contribution in [0.3, 0.4) is 0 Å². The molecule has 1 aliphatic rings. The fourth-order valence-electron chi connectivity index (χ4n) is 3.02. The van der Waals surface area contributed by atoms with Gasteiger partial charge in [0.05, 0.1) is 13.2 Å². The van der Waals surface area contributed by atoms with Gasteiger partial charge in [0, 0.05) is 11.3 Å². The number of anilines is 1. The number of carbonyl (C=O) groups is 2. The van der Waals surface area contributed by atoms with Gasteiger partial charge in [-0.1, -0.05) is 12.1 Å². The second-order valence-electron chi connectivity index (χ2n) is 5.98. The van der Waals surface area contributed by atoms with Crippen molar-refractivity contribution in [2.24, 2.45) is 5.92 Å². The molecule has 0 aliphatic heterocycles. The third-order valence-corrected chi connectivity index (χ3v) is 4.39. The van der Waals surface area contributed by atoms with Gasteiger partial charge in [0.1, 0.15) is 5.75 Å². The summed E-state index contributed by atoms with van der Waals surface area (Å²) in [6, 6.07) is 14.0. The number of aryl methyl sites for hydroxylation is 2. The van der Waals surface area contributed by atoms with Crippen molar-refractivity contribution in [1.82, 2.24) is 0 Å². The van der Waals surface area contributed by atoms with Crippen LogP contribution in [-0.2, 0) is 17.6 Å². The molecule has 0 fully saturated rings. The number of Topliss-reactive ketones (excluding diaryl/α,β-unsaturated/α-hetero) is 1. The molecule has 3 rings (SSSR count). The van der Waals surface area contributed by atoms with Crippen molar-refractivity contribution in [1.29, 1.82) is 5.26 Å². The Morgan fingerprint density at radius 3 is 2.52 bits per heavy atom. The molecule has 1 unspecified atom stereocenters. The van der Waals surface area contributed by atoms with Crippen LogP contribution in [0.15, 0.2) is 42.5 Å². The van der Waals surface area contributed by atoms with Crippen molar-refractivity contribution in [2.75, 3.05) is 12.4 Å². The molecule has 0 saturated carbocycles. The molecule has 0 radical (unpaired) electrons. The minimum Gasteiger partial charge on any atom is -0.497 e. The molecule has 1 N–H and O–H groups in total. The normalized spacial score (nSPS) is 13.4. The molecule has 1 aliphatic carbocycles. The van der Waals surface area contributed by atoms with Crippen LogP contribution >= 0.6 is 0 Å². The fourth-order valence-corrected chi connectivity index (χ4v) is 3.02. The van der Waals surface area contributed by atoms with Gasteiger partial charge in [-0.25, -0.2) is 0 Å². The van der Waals surface area contributed by atoms with E-state index in [1.165, 1.54) is 5.56 Å². The zero-order valence-electron chi connectivity index (χ0n) is 13.9. The summed E-state index contributed by atoms with van der Waals surface area (Å²) in [4.78, 5) is 25.0. The first kappa shape index (κ1) is 16.7. The summed E-state index contributed by atoms with van der Waals surface area (Å²) in [5, 5.41) is 11.9. The third-order valence-electron chi connectivity index (χ3n) is 4.39. The lowest BCUT2D eigenvalue weighted by Crippen LogP contribution is -2.28. The van der Waals surface area contributed by atoms with E-state index in [-0.39, 0.29) is 0 Å². The van der Waals surface area contributed by atoms with Gasteiger partial charge in [-0.05, 0) is 60.7 Å². The van der Waals surface area contributed by atoms with Crippen molar-refractivity contribution in [3.63, 3.8) is 0 Å². The Hall–Kier alpha value is -3.13. The highest BCUT2D eigenvalue weighted by Crippen LogP contribution is 2.24. The van der Waals surface area contributed by atoms with Gasteiger partial charge in [0.25, 0.3) is 0 Å². The number of amides is 1. The monoisotopic (exact) mass is 334 g/mol. The highest BCUT2D eigenvalue weighted by atomic mass is 16.5. The average Bonchev–Trinajstić information content (AvgIpc) is 3.10. The second kappa shape index (κ2) is 7.18. The van der Waals surface area contributed by atoms with Crippen molar-refractivity contribution in [2.45, 2.75) is 19.3 Å². The Bertz CT molecular complexity index is 850. The van der Waals surface area contributed by atoms with E-state index >= 15 is 0 Å². The van der Waals surface area contributed by atoms with Crippen molar-refractivity contribution >= 4 is 17.4 Å². The Labute approximate surface area is 146 Å². The Morgan fingerprint density at radius 2 is 1.84 bits per heavy atom. The number of carbonyl (C=O) groups excluding carboxylic acids is 2. The highest BCUT2D eigenvalue weighted by Gasteiger charge is 2.28. The van der Waals surface area contributed by atoms with Crippen LogP contribution in [0.4, 0.5) is 5.69 Å². The number of fused-ring (bicyclic) bond motifs is 1. The van der Waals surface area contributed by atoms with Crippen LogP contribution in [-0.4, -0.2) is 18.8 Å². The van der Waals surface area contributed by atoms with E-state index in [1.54, 1.807) is 37.4 Å². The maximum atomic E-state index is 12.6. The molecular formula is C20H18N2O3.